The van der Waals surface area contributed by atoms with Crippen molar-refractivity contribution in [2.45, 2.75) is 71.6 Å². The topological polar surface area (TPSA) is 20.2 Å². The molecule has 0 aromatic carbocycles. The van der Waals surface area contributed by atoms with Crippen molar-refractivity contribution in [2.24, 2.45) is 0 Å². The van der Waals surface area contributed by atoms with Crippen LogP contribution in [0.1, 0.15) is 71.6 Å². The summed E-state index contributed by atoms with van der Waals surface area (Å²) in [6, 6.07) is 0. The van der Waals surface area contributed by atoms with E-state index in [1.807, 2.05) is 19.1 Å². The molecule has 0 aromatic heterocycles. The van der Waals surface area contributed by atoms with Gasteiger partial charge in [0.2, 0.25) is 0 Å². The smallest absolute Gasteiger partial charge is 0.111 e. The quantitative estimate of drug-likeness (QED) is 0.293. The minimum Gasteiger partial charge on any atom is -0.508 e. The van der Waals surface area contributed by atoms with E-state index in [1.165, 1.54) is 51.4 Å². The van der Waals surface area contributed by atoms with Crippen LogP contribution in [0.25, 0.3) is 0 Å². The molecule has 0 amide bonds. The molecule has 0 bridgehead atoms. The van der Waals surface area contributed by atoms with Gasteiger partial charge in [0.1, 0.15) is 5.76 Å². The van der Waals surface area contributed by atoms with Crippen LogP contribution in [0.5, 0.6) is 0 Å². The van der Waals surface area contributed by atoms with Gasteiger partial charge in [0, 0.05) is 0 Å². The molecule has 0 saturated heterocycles. The van der Waals surface area contributed by atoms with Gasteiger partial charge in [-0.3, -0.25) is 0 Å². The fourth-order valence-electron chi connectivity index (χ4n) is 1.77. The molecular weight excluding hydrogens is 196 g/mol. The van der Waals surface area contributed by atoms with Crippen LogP contribution in [0.15, 0.2) is 24.0 Å². The van der Waals surface area contributed by atoms with Crippen LogP contribution in [0.3, 0.4) is 0 Å². The van der Waals surface area contributed by atoms with Crippen molar-refractivity contribution in [3.8, 4) is 0 Å². The van der Waals surface area contributed by atoms with Gasteiger partial charge in [0.15, 0.2) is 0 Å². The van der Waals surface area contributed by atoms with Crippen molar-refractivity contribution >= 4 is 0 Å². The average Bonchev–Trinajstić information content (AvgIpc) is 2.27. The molecule has 0 rings (SSSR count). The molecular formula is C15H28O. The molecule has 0 aliphatic carbocycles. The first-order valence-corrected chi connectivity index (χ1v) is 6.83. The molecule has 0 aliphatic rings. The summed E-state index contributed by atoms with van der Waals surface area (Å²) in [6.45, 7) is 4.17. The lowest BCUT2D eigenvalue weighted by molar-refractivity contribution is 0.428. The van der Waals surface area contributed by atoms with E-state index in [4.69, 9.17) is 0 Å². The normalized spacial score (nSPS) is 12.5. The molecule has 1 heteroatoms. The molecule has 0 unspecified atom stereocenters. The van der Waals surface area contributed by atoms with E-state index in [0.717, 1.165) is 6.42 Å². The molecule has 94 valence electrons. The number of aliphatic hydroxyl groups excluding tert-OH is 1. The predicted octanol–water partition coefficient (Wildman–Crippen LogP) is 5.54. The highest BCUT2D eigenvalue weighted by molar-refractivity contribution is 5.08. The van der Waals surface area contributed by atoms with Crippen molar-refractivity contribution in [1.29, 1.82) is 0 Å². The summed E-state index contributed by atoms with van der Waals surface area (Å²) in [5.41, 5.74) is 0. The Kier molecular flexibility index (Phi) is 11.8. The first-order chi connectivity index (χ1) is 7.81. The Morgan fingerprint density at radius 3 is 2.06 bits per heavy atom. The summed E-state index contributed by atoms with van der Waals surface area (Å²) >= 11 is 0. The predicted molar refractivity (Wildman–Crippen MR) is 72.8 cm³/mol. The van der Waals surface area contributed by atoms with Crippen LogP contribution in [0.4, 0.5) is 0 Å². The standard InChI is InChI=1S/C15H28O/c1-3-5-6-7-8-9-10-11-12-14-15(16)13-4-2/h4,13-14,16H,3,5-12H2,1-2H3. The van der Waals surface area contributed by atoms with Crippen LogP contribution in [0.2, 0.25) is 0 Å². The maximum atomic E-state index is 9.32. The average molecular weight is 224 g/mol. The van der Waals surface area contributed by atoms with Gasteiger partial charge in [-0.05, 0) is 31.9 Å². The third kappa shape index (κ3) is 11.4. The second-order valence-corrected chi connectivity index (χ2v) is 4.39. The van der Waals surface area contributed by atoms with Gasteiger partial charge in [-0.2, -0.15) is 0 Å². The molecule has 0 atom stereocenters. The largest absolute Gasteiger partial charge is 0.508 e. The summed E-state index contributed by atoms with van der Waals surface area (Å²) in [7, 11) is 0. The highest BCUT2D eigenvalue weighted by atomic mass is 16.3. The van der Waals surface area contributed by atoms with Crippen molar-refractivity contribution in [3.63, 3.8) is 0 Å². The van der Waals surface area contributed by atoms with Gasteiger partial charge in [-0.15, -0.1) is 0 Å². The molecule has 0 saturated carbocycles. The highest BCUT2D eigenvalue weighted by Gasteiger charge is 1.91. The van der Waals surface area contributed by atoms with E-state index in [2.05, 4.69) is 6.92 Å². The number of unbranched alkanes of at least 4 members (excludes halogenated alkanes) is 8. The zero-order valence-electron chi connectivity index (χ0n) is 11.0. The maximum absolute atomic E-state index is 9.32. The van der Waals surface area contributed by atoms with E-state index in [9.17, 15) is 5.11 Å². The lowest BCUT2D eigenvalue weighted by Gasteiger charge is -2.00. The van der Waals surface area contributed by atoms with Gasteiger partial charge in [0.05, 0.1) is 0 Å². The van der Waals surface area contributed by atoms with Crippen LogP contribution in [-0.4, -0.2) is 5.11 Å². The Balaban J connectivity index is 3.18. The Morgan fingerprint density at radius 1 is 0.938 bits per heavy atom. The summed E-state index contributed by atoms with van der Waals surface area (Å²) in [5.74, 6) is 0.408. The van der Waals surface area contributed by atoms with Crippen molar-refractivity contribution in [1.82, 2.24) is 0 Å². The van der Waals surface area contributed by atoms with Crippen LogP contribution in [-0.2, 0) is 0 Å². The minimum atomic E-state index is 0.408. The summed E-state index contributed by atoms with van der Waals surface area (Å²) < 4.78 is 0. The fourth-order valence-corrected chi connectivity index (χ4v) is 1.77. The molecule has 0 spiro atoms. The molecule has 16 heavy (non-hydrogen) atoms. The summed E-state index contributed by atoms with van der Waals surface area (Å²) in [6.07, 6.45) is 17.3. The van der Waals surface area contributed by atoms with Gasteiger partial charge < -0.3 is 5.11 Å². The van der Waals surface area contributed by atoms with Gasteiger partial charge in [-0.1, -0.05) is 57.9 Å². The lowest BCUT2D eigenvalue weighted by atomic mass is 10.1. The van der Waals surface area contributed by atoms with E-state index in [1.54, 1.807) is 6.08 Å². The number of hydrogen-bond acceptors (Lipinski definition) is 1. The monoisotopic (exact) mass is 224 g/mol. The molecule has 0 radical (unpaired) electrons. The first-order valence-electron chi connectivity index (χ1n) is 6.83. The van der Waals surface area contributed by atoms with Crippen LogP contribution < -0.4 is 0 Å². The van der Waals surface area contributed by atoms with Crippen molar-refractivity contribution in [2.75, 3.05) is 0 Å². The Labute approximate surface area is 101 Å². The van der Waals surface area contributed by atoms with E-state index >= 15 is 0 Å². The number of rotatable bonds is 10. The fraction of sp³-hybridized carbons (Fsp3) is 0.733. The lowest BCUT2D eigenvalue weighted by Crippen LogP contribution is -1.81. The first kappa shape index (κ1) is 15.3. The zero-order chi connectivity index (χ0) is 12.1. The second kappa shape index (κ2) is 12.4. The molecule has 0 aliphatic heterocycles. The maximum Gasteiger partial charge on any atom is 0.111 e. The molecule has 0 fully saturated rings. The molecule has 1 nitrogen and oxygen atoms in total. The summed E-state index contributed by atoms with van der Waals surface area (Å²) in [5, 5.41) is 9.32. The van der Waals surface area contributed by atoms with Crippen LogP contribution in [0, 0.1) is 0 Å². The Bertz CT molecular complexity index is 192. The number of hydrogen-bond donors (Lipinski definition) is 1. The number of aliphatic hydroxyl groups is 1. The van der Waals surface area contributed by atoms with E-state index in [-0.39, 0.29) is 0 Å². The van der Waals surface area contributed by atoms with Gasteiger partial charge in [-0.25, -0.2) is 0 Å². The number of allylic oxidation sites excluding steroid dienone is 3. The van der Waals surface area contributed by atoms with Crippen LogP contribution >= 0.6 is 0 Å². The van der Waals surface area contributed by atoms with E-state index < -0.39 is 0 Å². The molecule has 0 heterocycles. The molecule has 1 N–H and O–H groups in total. The Morgan fingerprint density at radius 2 is 1.50 bits per heavy atom. The van der Waals surface area contributed by atoms with Crippen molar-refractivity contribution in [3.05, 3.63) is 24.0 Å². The molecule has 0 aromatic rings. The summed E-state index contributed by atoms with van der Waals surface area (Å²) in [4.78, 5) is 0. The van der Waals surface area contributed by atoms with Gasteiger partial charge >= 0.3 is 0 Å². The van der Waals surface area contributed by atoms with Gasteiger partial charge in [0.25, 0.3) is 0 Å². The highest BCUT2D eigenvalue weighted by Crippen LogP contribution is 2.10. The Hall–Kier alpha value is -0.720. The van der Waals surface area contributed by atoms with E-state index in [0.29, 0.717) is 5.76 Å². The minimum absolute atomic E-state index is 0.408. The third-order valence-corrected chi connectivity index (χ3v) is 2.75. The second-order valence-electron chi connectivity index (χ2n) is 4.39. The zero-order valence-corrected chi connectivity index (χ0v) is 11.0. The van der Waals surface area contributed by atoms with Crippen molar-refractivity contribution < 1.29 is 5.11 Å². The third-order valence-electron chi connectivity index (χ3n) is 2.75. The SMILES string of the molecule is CC=CC(O)=CCCCCCCCCCC.